The highest BCUT2D eigenvalue weighted by molar-refractivity contribution is 7.99. The van der Waals surface area contributed by atoms with Crippen molar-refractivity contribution in [1.82, 2.24) is 5.32 Å². The molecule has 1 N–H and O–H groups in total. The summed E-state index contributed by atoms with van der Waals surface area (Å²) >= 11 is 1.68. The number of rotatable bonds is 4. The molecule has 1 aliphatic heterocycles. The van der Waals surface area contributed by atoms with E-state index in [4.69, 9.17) is 0 Å². The zero-order valence-electron chi connectivity index (χ0n) is 11.0. The topological polar surface area (TPSA) is 84.7 Å². The van der Waals surface area contributed by atoms with E-state index < -0.39 is 11.0 Å². The van der Waals surface area contributed by atoms with Crippen LogP contribution < -0.4 is 10.2 Å². The zero-order valence-corrected chi connectivity index (χ0v) is 11.8. The number of ether oxygens (including phenoxy) is 1. The summed E-state index contributed by atoms with van der Waals surface area (Å²) in [5.41, 5.74) is 0.930. The largest absolute Gasteiger partial charge is 0.453 e. The maximum absolute atomic E-state index is 11.0. The molecule has 2 rings (SSSR count). The molecule has 0 unspecified atom stereocenters. The molecule has 1 heterocycles. The van der Waals surface area contributed by atoms with E-state index in [1.165, 1.54) is 13.2 Å². The average Bonchev–Trinajstić information content (AvgIpc) is 2.46. The SMILES string of the molecule is COC(=O)NCCN1CCSc2ccc([N+](=O)[O-])cc21. The monoisotopic (exact) mass is 297 g/mol. The van der Waals surface area contributed by atoms with Crippen LogP contribution >= 0.6 is 11.8 Å². The van der Waals surface area contributed by atoms with Crippen molar-refractivity contribution < 1.29 is 14.5 Å². The van der Waals surface area contributed by atoms with Gasteiger partial charge in [0, 0.05) is 42.4 Å². The molecule has 108 valence electrons. The molecule has 0 saturated carbocycles. The first-order valence-corrected chi connectivity index (χ1v) is 7.08. The van der Waals surface area contributed by atoms with Crippen molar-refractivity contribution in [3.63, 3.8) is 0 Å². The normalized spacial score (nSPS) is 13.6. The van der Waals surface area contributed by atoms with Crippen LogP contribution in [0.15, 0.2) is 23.1 Å². The summed E-state index contributed by atoms with van der Waals surface area (Å²) in [4.78, 5) is 24.5. The quantitative estimate of drug-likeness (QED) is 0.674. The number of carbonyl (C=O) groups excluding carboxylic acids is 1. The molecule has 0 bridgehead atoms. The molecule has 0 aliphatic carbocycles. The lowest BCUT2D eigenvalue weighted by molar-refractivity contribution is -0.384. The maximum Gasteiger partial charge on any atom is 0.406 e. The Bertz CT molecular complexity index is 523. The second-order valence-corrected chi connectivity index (χ2v) is 5.30. The number of fused-ring (bicyclic) bond motifs is 1. The third-order valence-electron chi connectivity index (χ3n) is 2.95. The summed E-state index contributed by atoms with van der Waals surface area (Å²) in [6.45, 7) is 1.81. The number of nitrogens with zero attached hydrogens (tertiary/aromatic N) is 2. The van der Waals surface area contributed by atoms with Crippen LogP contribution in [0.3, 0.4) is 0 Å². The number of benzene rings is 1. The second-order valence-electron chi connectivity index (χ2n) is 4.16. The number of amides is 1. The van der Waals surface area contributed by atoms with Crippen LogP contribution in [-0.2, 0) is 4.74 Å². The Balaban J connectivity index is 2.08. The summed E-state index contributed by atoms with van der Waals surface area (Å²) in [5, 5.41) is 13.4. The number of hydrogen-bond donors (Lipinski definition) is 1. The minimum absolute atomic E-state index is 0.0807. The first-order chi connectivity index (χ1) is 9.61. The minimum atomic E-state index is -0.476. The molecular weight excluding hydrogens is 282 g/mol. The van der Waals surface area contributed by atoms with Crippen LogP contribution in [0, 0.1) is 10.1 Å². The average molecular weight is 297 g/mol. The lowest BCUT2D eigenvalue weighted by Gasteiger charge is -2.30. The van der Waals surface area contributed by atoms with Crippen molar-refractivity contribution in [3.8, 4) is 0 Å². The van der Waals surface area contributed by atoms with Gasteiger partial charge in [-0.2, -0.15) is 0 Å². The Morgan fingerprint density at radius 3 is 3.10 bits per heavy atom. The van der Waals surface area contributed by atoms with Crippen molar-refractivity contribution in [2.75, 3.05) is 37.4 Å². The number of nitrogens with one attached hydrogen (secondary N) is 1. The van der Waals surface area contributed by atoms with Gasteiger partial charge in [0.2, 0.25) is 0 Å². The molecular formula is C12H15N3O4S. The summed E-state index contributed by atoms with van der Waals surface area (Å²) in [5.74, 6) is 0.920. The number of anilines is 1. The fraction of sp³-hybridized carbons (Fsp3) is 0.417. The van der Waals surface area contributed by atoms with Gasteiger partial charge in [0.05, 0.1) is 17.7 Å². The number of carbonyl (C=O) groups is 1. The van der Waals surface area contributed by atoms with Gasteiger partial charge in [0.1, 0.15) is 0 Å². The van der Waals surface area contributed by atoms with Crippen molar-refractivity contribution in [1.29, 1.82) is 0 Å². The lowest BCUT2D eigenvalue weighted by atomic mass is 10.2. The fourth-order valence-corrected chi connectivity index (χ4v) is 3.00. The Morgan fingerprint density at radius 1 is 1.60 bits per heavy atom. The van der Waals surface area contributed by atoms with Crippen LogP contribution in [0.5, 0.6) is 0 Å². The molecule has 20 heavy (non-hydrogen) atoms. The Labute approximate surface area is 120 Å². The second kappa shape index (κ2) is 6.47. The van der Waals surface area contributed by atoms with Crippen LogP contribution in [0.25, 0.3) is 0 Å². The van der Waals surface area contributed by atoms with Crippen LogP contribution in [0.4, 0.5) is 16.2 Å². The molecule has 0 fully saturated rings. The van der Waals surface area contributed by atoms with Gasteiger partial charge in [-0.25, -0.2) is 4.79 Å². The number of alkyl carbamates (subject to hydrolysis) is 1. The van der Waals surface area contributed by atoms with Gasteiger partial charge in [-0.3, -0.25) is 10.1 Å². The van der Waals surface area contributed by atoms with E-state index in [0.717, 1.165) is 22.9 Å². The first-order valence-electron chi connectivity index (χ1n) is 6.10. The smallest absolute Gasteiger partial charge is 0.406 e. The van der Waals surface area contributed by atoms with Gasteiger partial charge >= 0.3 is 6.09 Å². The molecule has 8 heteroatoms. The first kappa shape index (κ1) is 14.4. The molecule has 0 atom stereocenters. The molecule has 1 aromatic rings. The molecule has 0 aromatic heterocycles. The van der Waals surface area contributed by atoms with Gasteiger partial charge in [0.15, 0.2) is 0 Å². The van der Waals surface area contributed by atoms with Gasteiger partial charge in [-0.1, -0.05) is 0 Å². The van der Waals surface area contributed by atoms with Crippen LogP contribution in [0.1, 0.15) is 0 Å². The molecule has 1 aliphatic rings. The Kier molecular flexibility index (Phi) is 4.67. The van der Waals surface area contributed by atoms with E-state index in [9.17, 15) is 14.9 Å². The van der Waals surface area contributed by atoms with Crippen molar-refractivity contribution in [3.05, 3.63) is 28.3 Å². The van der Waals surface area contributed by atoms with E-state index in [0.29, 0.717) is 13.1 Å². The Hall–Kier alpha value is -1.96. The van der Waals surface area contributed by atoms with Gasteiger partial charge in [-0.15, -0.1) is 11.8 Å². The minimum Gasteiger partial charge on any atom is -0.453 e. The number of thioether (sulfide) groups is 1. The predicted octanol–water partition coefficient (Wildman–Crippen LogP) is 1.86. The molecule has 1 aromatic carbocycles. The highest BCUT2D eigenvalue weighted by Gasteiger charge is 2.20. The number of hydrogen-bond acceptors (Lipinski definition) is 6. The summed E-state index contributed by atoms with van der Waals surface area (Å²) in [7, 11) is 1.31. The fourth-order valence-electron chi connectivity index (χ4n) is 1.97. The van der Waals surface area contributed by atoms with E-state index in [-0.39, 0.29) is 5.69 Å². The van der Waals surface area contributed by atoms with Crippen molar-refractivity contribution >= 4 is 29.2 Å². The van der Waals surface area contributed by atoms with Crippen molar-refractivity contribution in [2.24, 2.45) is 0 Å². The lowest BCUT2D eigenvalue weighted by Crippen LogP contribution is -2.37. The Morgan fingerprint density at radius 2 is 2.40 bits per heavy atom. The van der Waals surface area contributed by atoms with Gasteiger partial charge in [0.25, 0.3) is 5.69 Å². The highest BCUT2D eigenvalue weighted by Crippen LogP contribution is 2.36. The van der Waals surface area contributed by atoms with Crippen molar-refractivity contribution in [2.45, 2.75) is 4.90 Å². The molecule has 0 spiro atoms. The van der Waals surface area contributed by atoms with E-state index in [1.54, 1.807) is 23.9 Å². The number of nitro groups is 1. The van der Waals surface area contributed by atoms with Crippen LogP contribution in [0.2, 0.25) is 0 Å². The zero-order chi connectivity index (χ0) is 14.5. The number of nitro benzene ring substituents is 1. The summed E-state index contributed by atoms with van der Waals surface area (Å²) in [6, 6.07) is 4.87. The van der Waals surface area contributed by atoms with Gasteiger partial charge < -0.3 is 15.0 Å². The molecule has 0 radical (unpaired) electrons. The van der Waals surface area contributed by atoms with E-state index >= 15 is 0 Å². The number of methoxy groups -OCH3 is 1. The standard InChI is InChI=1S/C12H15N3O4S/c1-19-12(16)13-4-5-14-6-7-20-11-3-2-9(15(17)18)8-10(11)14/h2-3,8H,4-7H2,1H3,(H,13,16). The third kappa shape index (κ3) is 3.32. The maximum atomic E-state index is 11.0. The summed E-state index contributed by atoms with van der Waals surface area (Å²) in [6.07, 6.45) is -0.476. The molecule has 1 amide bonds. The van der Waals surface area contributed by atoms with E-state index in [1.807, 2.05) is 4.90 Å². The number of non-ortho nitro benzene ring substituents is 1. The molecule has 7 nitrogen and oxygen atoms in total. The molecule has 0 saturated heterocycles. The predicted molar refractivity (Wildman–Crippen MR) is 76.4 cm³/mol. The summed E-state index contributed by atoms with van der Waals surface area (Å²) < 4.78 is 4.50. The highest BCUT2D eigenvalue weighted by atomic mass is 32.2. The van der Waals surface area contributed by atoms with Gasteiger partial charge in [-0.05, 0) is 6.07 Å². The van der Waals surface area contributed by atoms with E-state index in [2.05, 4.69) is 10.1 Å². The van der Waals surface area contributed by atoms with Crippen LogP contribution in [-0.4, -0.2) is 43.5 Å². The third-order valence-corrected chi connectivity index (χ3v) is 3.99.